The summed E-state index contributed by atoms with van der Waals surface area (Å²) in [6.07, 6.45) is 3.13. The molecule has 1 N–H and O–H groups in total. The van der Waals surface area contributed by atoms with Crippen LogP contribution in [0.3, 0.4) is 0 Å². The largest absolute Gasteiger partial charge is 0.336 e. The van der Waals surface area contributed by atoms with E-state index in [4.69, 9.17) is 0 Å². The van der Waals surface area contributed by atoms with Crippen LogP contribution >= 0.6 is 0 Å². The lowest BCUT2D eigenvalue weighted by Crippen LogP contribution is -2.51. The average molecular weight is 423 g/mol. The summed E-state index contributed by atoms with van der Waals surface area (Å²) in [7, 11) is 0. The Labute approximate surface area is 186 Å². The Bertz CT molecular complexity index is 902. The maximum atomic E-state index is 13.3. The van der Waals surface area contributed by atoms with E-state index in [1.165, 1.54) is 0 Å². The number of amides is 2. The third-order valence-electron chi connectivity index (χ3n) is 6.99. The second-order valence-electron chi connectivity index (χ2n) is 9.36. The van der Waals surface area contributed by atoms with Crippen LogP contribution in [0.25, 0.3) is 0 Å². The second kappa shape index (κ2) is 9.26. The van der Waals surface area contributed by atoms with Gasteiger partial charge in [-0.05, 0) is 81.2 Å². The van der Waals surface area contributed by atoms with Crippen molar-refractivity contribution in [3.63, 3.8) is 0 Å². The van der Waals surface area contributed by atoms with E-state index in [0.29, 0.717) is 38.8 Å². The first-order chi connectivity index (χ1) is 14.7. The van der Waals surface area contributed by atoms with Gasteiger partial charge in [-0.15, -0.1) is 5.92 Å². The molecule has 1 atom stereocenters. The lowest BCUT2D eigenvalue weighted by molar-refractivity contribution is -0.138. The molecule has 1 aliphatic carbocycles. The fourth-order valence-corrected chi connectivity index (χ4v) is 5.10. The molecule has 1 unspecified atom stereocenters. The Morgan fingerprint density at radius 2 is 1.71 bits per heavy atom. The molecule has 1 aliphatic heterocycles. The number of rotatable bonds is 3. The van der Waals surface area contributed by atoms with E-state index >= 15 is 0 Å². The van der Waals surface area contributed by atoms with Crippen molar-refractivity contribution in [2.75, 3.05) is 13.1 Å². The van der Waals surface area contributed by atoms with Gasteiger partial charge in [0, 0.05) is 37.5 Å². The van der Waals surface area contributed by atoms with Crippen LogP contribution in [0, 0.1) is 31.1 Å². The Morgan fingerprint density at radius 3 is 2.19 bits per heavy atom. The third-order valence-corrected chi connectivity index (χ3v) is 6.99. The number of likely N-dealkylation sites (tertiary alicyclic amines) is 1. The minimum absolute atomic E-state index is 0.0225. The molecule has 2 fully saturated rings. The molecule has 31 heavy (non-hydrogen) atoms. The number of carbonyl (C=O) groups excluding carboxylic acids is 3. The zero-order chi connectivity index (χ0) is 22.8. The molecule has 0 bridgehead atoms. The zero-order valence-corrected chi connectivity index (χ0v) is 19.4. The van der Waals surface area contributed by atoms with Gasteiger partial charge >= 0.3 is 6.03 Å². The van der Waals surface area contributed by atoms with Crippen molar-refractivity contribution in [1.82, 2.24) is 10.2 Å². The van der Waals surface area contributed by atoms with Crippen molar-refractivity contribution in [3.05, 3.63) is 34.4 Å². The highest BCUT2D eigenvalue weighted by molar-refractivity contribution is 6.10. The van der Waals surface area contributed by atoms with E-state index in [9.17, 15) is 14.4 Å². The number of ketones is 2. The van der Waals surface area contributed by atoms with E-state index in [0.717, 1.165) is 28.7 Å². The van der Waals surface area contributed by atoms with Crippen LogP contribution in [0.2, 0.25) is 0 Å². The number of piperidine rings is 1. The molecule has 1 saturated carbocycles. The fraction of sp³-hybridized carbons (Fsp3) is 0.577. The quantitative estimate of drug-likeness (QED) is 0.584. The van der Waals surface area contributed by atoms with Crippen molar-refractivity contribution < 1.29 is 14.4 Å². The first kappa shape index (κ1) is 23.1. The van der Waals surface area contributed by atoms with Crippen LogP contribution in [0.5, 0.6) is 0 Å². The molecule has 1 aromatic rings. The van der Waals surface area contributed by atoms with Gasteiger partial charge in [0.05, 0.1) is 0 Å². The van der Waals surface area contributed by atoms with Crippen molar-refractivity contribution in [1.29, 1.82) is 0 Å². The number of aryl methyl sites for hydroxylation is 2. The zero-order valence-electron chi connectivity index (χ0n) is 19.4. The van der Waals surface area contributed by atoms with Gasteiger partial charge in [0.2, 0.25) is 0 Å². The normalized spacial score (nSPS) is 19.7. The molecule has 1 saturated heterocycles. The van der Waals surface area contributed by atoms with Crippen molar-refractivity contribution in [3.8, 4) is 11.8 Å². The third kappa shape index (κ3) is 4.84. The number of urea groups is 1. The molecule has 2 amide bonds. The topological polar surface area (TPSA) is 66.5 Å². The maximum Gasteiger partial charge on any atom is 0.317 e. The summed E-state index contributed by atoms with van der Waals surface area (Å²) in [6, 6.07) is 4.04. The molecule has 5 heteroatoms. The maximum absolute atomic E-state index is 13.3. The average Bonchev–Trinajstić information content (AvgIpc) is 2.70. The van der Waals surface area contributed by atoms with E-state index in [-0.39, 0.29) is 29.1 Å². The monoisotopic (exact) mass is 422 g/mol. The van der Waals surface area contributed by atoms with E-state index in [2.05, 4.69) is 17.2 Å². The van der Waals surface area contributed by atoms with E-state index in [1.54, 1.807) is 6.92 Å². The summed E-state index contributed by atoms with van der Waals surface area (Å²) < 4.78 is 0. The van der Waals surface area contributed by atoms with Crippen LogP contribution in [-0.2, 0) is 9.59 Å². The molecule has 0 aromatic heterocycles. The molecule has 1 aromatic carbocycles. The predicted molar refractivity (Wildman–Crippen MR) is 122 cm³/mol. The lowest BCUT2D eigenvalue weighted by Gasteiger charge is -2.45. The first-order valence-corrected chi connectivity index (χ1v) is 11.3. The van der Waals surface area contributed by atoms with Gasteiger partial charge in [-0.2, -0.15) is 0 Å². The Morgan fingerprint density at radius 1 is 1.16 bits per heavy atom. The summed E-state index contributed by atoms with van der Waals surface area (Å²) in [6.45, 7) is 10.9. The van der Waals surface area contributed by atoms with Gasteiger partial charge in [-0.1, -0.05) is 12.8 Å². The van der Waals surface area contributed by atoms with Crippen LogP contribution in [0.1, 0.15) is 81.0 Å². The molecule has 5 nitrogen and oxygen atoms in total. The lowest BCUT2D eigenvalue weighted by atomic mass is 9.62. The summed E-state index contributed by atoms with van der Waals surface area (Å²) in [5, 5.41) is 3.01. The molecular weight excluding hydrogens is 388 g/mol. The van der Waals surface area contributed by atoms with Gasteiger partial charge in [0.15, 0.2) is 0 Å². The Hall–Kier alpha value is -2.61. The highest BCUT2D eigenvalue weighted by Crippen LogP contribution is 2.46. The van der Waals surface area contributed by atoms with Crippen LogP contribution in [0.4, 0.5) is 4.79 Å². The number of benzene rings is 1. The highest BCUT2D eigenvalue weighted by atomic mass is 16.2. The standard InChI is InChI=1S/C26H34N2O3/c1-6-8-20-13-17(3)23(18(4)14-20)24-21(29)15-26(16-22(24)30)9-11-28(12-10-26)25(31)27-19(5)7-2/h13-14,19,24H,7,9-12,15-16H2,1-5H3,(H,27,31). The van der Waals surface area contributed by atoms with Crippen LogP contribution in [-0.4, -0.2) is 41.6 Å². The SMILES string of the molecule is CC#Cc1cc(C)c(C2C(=O)CC3(CCN(C(=O)NC(C)CC)CC3)CC2=O)c(C)c1. The number of carbonyl (C=O) groups is 3. The first-order valence-electron chi connectivity index (χ1n) is 11.3. The molecule has 1 spiro atoms. The summed E-state index contributed by atoms with van der Waals surface area (Å²) >= 11 is 0. The van der Waals surface area contributed by atoms with Crippen LogP contribution in [0.15, 0.2) is 12.1 Å². The van der Waals surface area contributed by atoms with E-state index < -0.39 is 5.92 Å². The van der Waals surface area contributed by atoms with Crippen molar-refractivity contribution >= 4 is 17.6 Å². The Kier molecular flexibility index (Phi) is 6.89. The Balaban J connectivity index is 1.73. The van der Waals surface area contributed by atoms with Gasteiger partial charge in [0.25, 0.3) is 0 Å². The molecular formula is C26H34N2O3. The molecule has 2 aliphatic rings. The predicted octanol–water partition coefficient (Wildman–Crippen LogP) is 4.28. The minimum atomic E-state index is -0.666. The fourth-order valence-electron chi connectivity index (χ4n) is 5.10. The summed E-state index contributed by atoms with van der Waals surface area (Å²) in [5.74, 6) is 5.34. The smallest absolute Gasteiger partial charge is 0.317 e. The van der Waals surface area contributed by atoms with Crippen LogP contribution < -0.4 is 5.32 Å². The van der Waals surface area contributed by atoms with Gasteiger partial charge in [0.1, 0.15) is 17.5 Å². The molecule has 166 valence electrons. The summed E-state index contributed by atoms with van der Waals surface area (Å²) in [5.41, 5.74) is 3.38. The number of nitrogens with zero attached hydrogens (tertiary/aromatic N) is 1. The summed E-state index contributed by atoms with van der Waals surface area (Å²) in [4.78, 5) is 40.7. The van der Waals surface area contributed by atoms with Crippen molar-refractivity contribution in [2.24, 2.45) is 5.41 Å². The van der Waals surface area contributed by atoms with Crippen molar-refractivity contribution in [2.45, 2.75) is 78.7 Å². The minimum Gasteiger partial charge on any atom is -0.336 e. The number of Topliss-reactive ketones (excluding diaryl/α,β-unsaturated/α-hetero) is 2. The number of nitrogens with one attached hydrogen (secondary N) is 1. The molecule has 0 radical (unpaired) electrons. The van der Waals surface area contributed by atoms with Gasteiger partial charge < -0.3 is 10.2 Å². The second-order valence-corrected chi connectivity index (χ2v) is 9.36. The highest BCUT2D eigenvalue weighted by Gasteiger charge is 2.47. The molecule has 1 heterocycles. The van der Waals surface area contributed by atoms with Gasteiger partial charge in [-0.3, -0.25) is 9.59 Å². The van der Waals surface area contributed by atoms with E-state index in [1.807, 2.05) is 44.7 Å². The number of hydrogen-bond donors (Lipinski definition) is 1. The van der Waals surface area contributed by atoms with Gasteiger partial charge in [-0.25, -0.2) is 4.79 Å². The number of hydrogen-bond acceptors (Lipinski definition) is 3. The molecule has 3 rings (SSSR count).